The number of piperidine rings is 1. The van der Waals surface area contributed by atoms with Gasteiger partial charge < -0.3 is 33.7 Å². The van der Waals surface area contributed by atoms with Gasteiger partial charge in [-0.25, -0.2) is 0 Å². The molecule has 2 unspecified atom stereocenters. The van der Waals surface area contributed by atoms with Gasteiger partial charge in [-0.05, 0) is 44.2 Å². The molecule has 0 saturated carbocycles. The molecule has 1 saturated heterocycles. The molecule has 2 aliphatic rings. The summed E-state index contributed by atoms with van der Waals surface area (Å²) in [5.41, 5.74) is 0.916. The molecule has 1 amide bonds. The zero-order chi connectivity index (χ0) is 25.3. The number of aliphatic hydroxyl groups excluding tert-OH is 1. The van der Waals surface area contributed by atoms with E-state index in [0.29, 0.717) is 52.9 Å². The predicted octanol–water partition coefficient (Wildman–Crippen LogP) is 4.69. The molecule has 0 radical (unpaired) electrons. The average Bonchev–Trinajstić information content (AvgIpc) is 2.86. The van der Waals surface area contributed by atoms with E-state index in [1.54, 1.807) is 32.4 Å². The number of nitrogens with zero attached hydrogens (tertiary/aromatic N) is 1. The smallest absolute Gasteiger partial charge is 0.256 e. The molecule has 1 fully saturated rings. The second-order valence-corrected chi connectivity index (χ2v) is 8.56. The summed E-state index contributed by atoms with van der Waals surface area (Å²) in [6.07, 6.45) is 3.70. The summed E-state index contributed by atoms with van der Waals surface area (Å²) in [7, 11) is 6.29. The maximum absolute atomic E-state index is 13.4. The third-order valence-electron chi connectivity index (χ3n) is 6.61. The largest absolute Gasteiger partial charge is 0.507 e. The van der Waals surface area contributed by atoms with E-state index >= 15 is 0 Å². The van der Waals surface area contributed by atoms with Crippen LogP contribution in [0.2, 0.25) is 0 Å². The molecule has 0 spiro atoms. The highest BCUT2D eigenvalue weighted by molar-refractivity contribution is 5.98. The van der Waals surface area contributed by atoms with E-state index in [4.69, 9.17) is 23.7 Å². The number of likely N-dealkylation sites (N-methyl/N-ethyl adjacent to an activating group) is 1. The summed E-state index contributed by atoms with van der Waals surface area (Å²) >= 11 is 0. The van der Waals surface area contributed by atoms with Gasteiger partial charge in [-0.2, -0.15) is 0 Å². The van der Waals surface area contributed by atoms with Gasteiger partial charge in [0.05, 0.1) is 33.5 Å². The number of hydrogen-bond acceptors (Lipinski definition) is 7. The minimum Gasteiger partial charge on any atom is -0.507 e. The highest BCUT2D eigenvalue weighted by atomic mass is 16.5. The first-order chi connectivity index (χ1) is 16.8. The van der Waals surface area contributed by atoms with E-state index in [0.717, 1.165) is 5.56 Å². The van der Waals surface area contributed by atoms with Crippen molar-refractivity contribution in [1.82, 2.24) is 4.90 Å². The van der Waals surface area contributed by atoms with Crippen molar-refractivity contribution in [2.45, 2.75) is 31.9 Å². The normalized spacial score (nSPS) is 22.4. The molecule has 2 aromatic rings. The molecule has 2 heterocycles. The monoisotopic (exact) mass is 481 g/mol. The van der Waals surface area contributed by atoms with Gasteiger partial charge >= 0.3 is 0 Å². The van der Waals surface area contributed by atoms with Crippen molar-refractivity contribution in [3.05, 3.63) is 58.9 Å². The Labute approximate surface area is 205 Å². The lowest BCUT2D eigenvalue weighted by atomic mass is 9.77. The van der Waals surface area contributed by atoms with Crippen molar-refractivity contribution in [3.8, 4) is 28.7 Å². The van der Waals surface area contributed by atoms with Crippen molar-refractivity contribution in [3.63, 3.8) is 0 Å². The van der Waals surface area contributed by atoms with Crippen molar-refractivity contribution in [1.29, 1.82) is 0 Å². The molecule has 2 aliphatic heterocycles. The van der Waals surface area contributed by atoms with Crippen molar-refractivity contribution in [2.24, 2.45) is 0 Å². The number of carbonyl (C=O) groups is 1. The number of para-hydroxylation sites is 1. The SMILES string of the molecule is CCOc1cccc2c1OC1(C)CC2/C(=C(O)/C=C/c2ccc(OC)c(OC)c2OC)C(=O)N1C. The number of hydrogen-bond donors (Lipinski definition) is 1. The fraction of sp³-hybridized carbons (Fsp3) is 0.370. The summed E-state index contributed by atoms with van der Waals surface area (Å²) < 4.78 is 28.4. The molecule has 0 aliphatic carbocycles. The van der Waals surface area contributed by atoms with E-state index < -0.39 is 5.72 Å². The maximum atomic E-state index is 13.4. The van der Waals surface area contributed by atoms with Gasteiger partial charge in [-0.3, -0.25) is 4.79 Å². The zero-order valence-electron chi connectivity index (χ0n) is 20.9. The minimum atomic E-state index is -0.859. The molecular weight excluding hydrogens is 450 g/mol. The third kappa shape index (κ3) is 4.03. The third-order valence-corrected chi connectivity index (χ3v) is 6.61. The number of benzene rings is 2. The lowest BCUT2D eigenvalue weighted by Gasteiger charge is -2.50. The van der Waals surface area contributed by atoms with Gasteiger partial charge in [0.2, 0.25) is 5.75 Å². The summed E-state index contributed by atoms with van der Waals surface area (Å²) in [5.74, 6) is 1.87. The molecule has 0 aromatic heterocycles. The molecular formula is C27H31NO7. The van der Waals surface area contributed by atoms with Crippen LogP contribution in [0, 0.1) is 0 Å². The fourth-order valence-corrected chi connectivity index (χ4v) is 4.75. The Morgan fingerprint density at radius 3 is 2.54 bits per heavy atom. The van der Waals surface area contributed by atoms with E-state index in [1.165, 1.54) is 25.2 Å². The standard InChI is InChI=1S/C27H31NO7/c1-7-34-21-10-8-9-17-18-15-27(2,35-24(17)21)28(3)26(30)22(18)19(29)13-11-16-12-14-20(31-4)25(33-6)23(16)32-5/h8-14,18,29H,7,15H2,1-6H3/b13-11+,22-19+. The van der Waals surface area contributed by atoms with E-state index in [-0.39, 0.29) is 17.6 Å². The van der Waals surface area contributed by atoms with Crippen LogP contribution >= 0.6 is 0 Å². The summed E-state index contributed by atoms with van der Waals surface area (Å²) in [5, 5.41) is 11.2. The van der Waals surface area contributed by atoms with Gasteiger partial charge in [0.1, 0.15) is 5.76 Å². The van der Waals surface area contributed by atoms with Crippen LogP contribution in [0.4, 0.5) is 0 Å². The van der Waals surface area contributed by atoms with Crippen LogP contribution in [0.1, 0.15) is 37.3 Å². The highest BCUT2D eigenvalue weighted by Gasteiger charge is 2.51. The number of fused-ring (bicyclic) bond motifs is 4. The van der Waals surface area contributed by atoms with Crippen LogP contribution in [0.5, 0.6) is 28.7 Å². The van der Waals surface area contributed by atoms with Gasteiger partial charge in [-0.15, -0.1) is 0 Å². The molecule has 2 atom stereocenters. The van der Waals surface area contributed by atoms with Crippen molar-refractivity contribution >= 4 is 12.0 Å². The van der Waals surface area contributed by atoms with Crippen LogP contribution in [0.15, 0.2) is 47.7 Å². The lowest BCUT2D eigenvalue weighted by Crippen LogP contribution is -2.59. The Balaban J connectivity index is 1.81. The summed E-state index contributed by atoms with van der Waals surface area (Å²) in [6, 6.07) is 9.17. The Morgan fingerprint density at radius 2 is 1.89 bits per heavy atom. The molecule has 2 aromatic carbocycles. The fourth-order valence-electron chi connectivity index (χ4n) is 4.75. The molecule has 8 heteroatoms. The minimum absolute atomic E-state index is 0.125. The average molecular weight is 482 g/mol. The summed E-state index contributed by atoms with van der Waals surface area (Å²) in [4.78, 5) is 15.0. The number of methoxy groups -OCH3 is 3. The van der Waals surface area contributed by atoms with Gasteiger partial charge in [0, 0.05) is 30.5 Å². The van der Waals surface area contributed by atoms with Crippen LogP contribution in [-0.2, 0) is 4.79 Å². The van der Waals surface area contributed by atoms with E-state index in [2.05, 4.69) is 0 Å². The lowest BCUT2D eigenvalue weighted by molar-refractivity contribution is -0.153. The number of amides is 1. The number of rotatable bonds is 7. The zero-order valence-corrected chi connectivity index (χ0v) is 20.9. The first kappa shape index (κ1) is 24.3. The van der Waals surface area contributed by atoms with Crippen molar-refractivity contribution in [2.75, 3.05) is 35.0 Å². The Morgan fingerprint density at radius 1 is 1.14 bits per heavy atom. The molecule has 35 heavy (non-hydrogen) atoms. The summed E-state index contributed by atoms with van der Waals surface area (Å²) in [6.45, 7) is 4.27. The van der Waals surface area contributed by atoms with E-state index in [9.17, 15) is 9.90 Å². The first-order valence-electron chi connectivity index (χ1n) is 11.4. The number of aliphatic hydroxyl groups is 1. The first-order valence-corrected chi connectivity index (χ1v) is 11.4. The van der Waals surface area contributed by atoms with Gasteiger partial charge in [0.15, 0.2) is 28.7 Å². The second kappa shape index (κ2) is 9.44. The topological polar surface area (TPSA) is 86.7 Å². The molecule has 8 nitrogen and oxygen atoms in total. The Kier molecular flexibility index (Phi) is 6.56. The number of ether oxygens (including phenoxy) is 5. The Bertz CT molecular complexity index is 1200. The van der Waals surface area contributed by atoms with Crippen LogP contribution in [0.25, 0.3) is 6.08 Å². The second-order valence-electron chi connectivity index (χ2n) is 8.56. The van der Waals surface area contributed by atoms with Crippen LogP contribution in [-0.4, -0.2) is 56.6 Å². The quantitative estimate of drug-likeness (QED) is 0.453. The maximum Gasteiger partial charge on any atom is 0.256 e. The molecule has 2 bridgehead atoms. The predicted molar refractivity (Wildman–Crippen MR) is 132 cm³/mol. The molecule has 186 valence electrons. The van der Waals surface area contributed by atoms with Gasteiger partial charge in [-0.1, -0.05) is 12.1 Å². The van der Waals surface area contributed by atoms with Crippen LogP contribution < -0.4 is 23.7 Å². The van der Waals surface area contributed by atoms with Gasteiger partial charge in [0.25, 0.3) is 5.91 Å². The van der Waals surface area contributed by atoms with Crippen molar-refractivity contribution < 1.29 is 33.6 Å². The number of carbonyl (C=O) groups excluding carboxylic acids is 1. The van der Waals surface area contributed by atoms with Crippen LogP contribution in [0.3, 0.4) is 0 Å². The van der Waals surface area contributed by atoms with E-state index in [1.807, 2.05) is 32.0 Å². The Hall–Kier alpha value is -3.81. The highest BCUT2D eigenvalue weighted by Crippen LogP contribution is 2.53. The molecule has 4 rings (SSSR count). The number of allylic oxidation sites excluding steroid dienone is 1. The number of likely N-dealkylation sites (tertiary alicyclic amines) is 1. The molecule has 1 N–H and O–H groups in total.